The van der Waals surface area contributed by atoms with Crippen LogP contribution in [0.2, 0.25) is 0 Å². The molecule has 0 fully saturated rings. The molecule has 0 atom stereocenters. The van der Waals surface area contributed by atoms with Crippen LogP contribution in [0.4, 0.5) is 0 Å². The zero-order valence-corrected chi connectivity index (χ0v) is 9.60. The van der Waals surface area contributed by atoms with E-state index < -0.39 is 0 Å². The molecule has 15 heavy (non-hydrogen) atoms. The van der Waals surface area contributed by atoms with E-state index in [0.29, 0.717) is 0 Å². The van der Waals surface area contributed by atoms with Crippen LogP contribution in [0.1, 0.15) is 0 Å². The van der Waals surface area contributed by atoms with E-state index in [2.05, 4.69) is 14.7 Å². The first-order valence-electron chi connectivity index (χ1n) is 4.19. The van der Waals surface area contributed by atoms with Gasteiger partial charge in [0.2, 0.25) is 0 Å². The average molecular weight is 240 g/mol. The Morgan fingerprint density at radius 1 is 1.60 bits per heavy atom. The third kappa shape index (κ3) is 2.27. The molecule has 2 aromatic heterocycles. The minimum Gasteiger partial charge on any atom is -0.468 e. The Hall–Kier alpha value is -1.14. The predicted octanol–water partition coefficient (Wildman–Crippen LogP) is 1.96. The number of nitrogens with zero attached hydrogens (tertiary/aromatic N) is 2. The fourth-order valence-corrected chi connectivity index (χ4v) is 2.83. The van der Waals surface area contributed by atoms with Crippen molar-refractivity contribution in [2.45, 2.75) is 5.03 Å². The molecule has 0 aliphatic heterocycles. The number of aromatic nitrogens is 2. The fraction of sp³-hybridized carbons (Fsp3) is 0.222. The molecular weight excluding hydrogens is 232 g/mol. The number of carbonyl (C=O) groups is 1. The molecule has 4 nitrogen and oxygen atoms in total. The van der Waals surface area contributed by atoms with Gasteiger partial charge < -0.3 is 4.74 Å². The van der Waals surface area contributed by atoms with Crippen LogP contribution in [0.5, 0.6) is 0 Å². The van der Waals surface area contributed by atoms with Crippen LogP contribution in [0.25, 0.3) is 10.2 Å². The monoisotopic (exact) mass is 240 g/mol. The second kappa shape index (κ2) is 4.59. The molecule has 78 valence electrons. The Morgan fingerprint density at radius 3 is 3.27 bits per heavy atom. The summed E-state index contributed by atoms with van der Waals surface area (Å²) in [6.07, 6.45) is 1.51. The molecule has 0 radical (unpaired) electrons. The quantitative estimate of drug-likeness (QED) is 0.466. The van der Waals surface area contributed by atoms with Gasteiger partial charge in [0.05, 0.1) is 23.1 Å². The molecule has 6 heteroatoms. The van der Waals surface area contributed by atoms with Crippen LogP contribution < -0.4 is 0 Å². The van der Waals surface area contributed by atoms with Crippen molar-refractivity contribution in [3.63, 3.8) is 0 Å². The molecule has 0 aliphatic rings. The summed E-state index contributed by atoms with van der Waals surface area (Å²) >= 11 is 2.95. The summed E-state index contributed by atoms with van der Waals surface area (Å²) in [7, 11) is 1.38. The minimum atomic E-state index is -0.247. The number of esters is 1. The van der Waals surface area contributed by atoms with Crippen LogP contribution in [0, 0.1) is 0 Å². The van der Waals surface area contributed by atoms with Crippen molar-refractivity contribution >= 4 is 39.3 Å². The highest BCUT2D eigenvalue weighted by Crippen LogP contribution is 2.28. The third-order valence-electron chi connectivity index (χ3n) is 1.76. The van der Waals surface area contributed by atoms with Crippen molar-refractivity contribution in [2.75, 3.05) is 12.9 Å². The lowest BCUT2D eigenvalue weighted by Gasteiger charge is -1.99. The standard InChI is InChI=1S/C9H8N2O2S2/c1-13-7(12)4-15-9-8-6(2-3-14-8)10-5-11-9/h2-3,5H,4H2,1H3. The van der Waals surface area contributed by atoms with Gasteiger partial charge in [-0.3, -0.25) is 4.79 Å². The smallest absolute Gasteiger partial charge is 0.316 e. The van der Waals surface area contributed by atoms with Crippen molar-refractivity contribution in [1.29, 1.82) is 0 Å². The number of thioether (sulfide) groups is 1. The van der Waals surface area contributed by atoms with Crippen LogP contribution in [0.3, 0.4) is 0 Å². The summed E-state index contributed by atoms with van der Waals surface area (Å²) < 4.78 is 5.59. The van der Waals surface area contributed by atoms with E-state index in [9.17, 15) is 4.79 Å². The summed E-state index contributed by atoms with van der Waals surface area (Å²) in [5.41, 5.74) is 0.919. The lowest BCUT2D eigenvalue weighted by molar-refractivity contribution is -0.137. The Kier molecular flexibility index (Phi) is 3.17. The van der Waals surface area contributed by atoms with Crippen LogP contribution in [-0.2, 0) is 9.53 Å². The fourth-order valence-electron chi connectivity index (χ4n) is 1.06. The highest BCUT2D eigenvalue weighted by molar-refractivity contribution is 8.00. The molecule has 0 bridgehead atoms. The maximum absolute atomic E-state index is 11.0. The molecule has 2 aromatic rings. The second-order valence-electron chi connectivity index (χ2n) is 2.68. The number of carbonyl (C=O) groups excluding carboxylic acids is 1. The first-order valence-corrected chi connectivity index (χ1v) is 6.05. The molecule has 2 heterocycles. The SMILES string of the molecule is COC(=O)CSc1ncnc2ccsc12. The van der Waals surface area contributed by atoms with Gasteiger partial charge in [0.1, 0.15) is 11.4 Å². The molecule has 0 saturated heterocycles. The summed E-state index contributed by atoms with van der Waals surface area (Å²) in [5.74, 6) is 0.0314. The van der Waals surface area contributed by atoms with Gasteiger partial charge in [0.25, 0.3) is 0 Å². The van der Waals surface area contributed by atoms with E-state index in [4.69, 9.17) is 0 Å². The maximum Gasteiger partial charge on any atom is 0.316 e. The van der Waals surface area contributed by atoms with Crippen molar-refractivity contribution in [2.24, 2.45) is 0 Å². The highest BCUT2D eigenvalue weighted by atomic mass is 32.2. The Balaban J connectivity index is 2.20. The molecule has 0 aromatic carbocycles. The van der Waals surface area contributed by atoms with E-state index in [1.807, 2.05) is 11.4 Å². The largest absolute Gasteiger partial charge is 0.468 e. The van der Waals surface area contributed by atoms with Crippen molar-refractivity contribution < 1.29 is 9.53 Å². The van der Waals surface area contributed by atoms with E-state index in [1.54, 1.807) is 11.3 Å². The van der Waals surface area contributed by atoms with Crippen LogP contribution in [-0.4, -0.2) is 28.8 Å². The summed E-state index contributed by atoms with van der Waals surface area (Å²) in [5, 5.41) is 2.79. The van der Waals surface area contributed by atoms with Gasteiger partial charge in [-0.2, -0.15) is 0 Å². The van der Waals surface area contributed by atoms with Crippen LogP contribution >= 0.6 is 23.1 Å². The topological polar surface area (TPSA) is 52.1 Å². The first kappa shape index (κ1) is 10.4. The molecule has 0 amide bonds. The molecule has 0 spiro atoms. The van der Waals surface area contributed by atoms with Gasteiger partial charge in [-0.1, -0.05) is 11.8 Å². The van der Waals surface area contributed by atoms with E-state index in [-0.39, 0.29) is 11.7 Å². The van der Waals surface area contributed by atoms with Crippen LogP contribution in [0.15, 0.2) is 22.8 Å². The summed E-state index contributed by atoms with van der Waals surface area (Å²) in [6.45, 7) is 0. The van der Waals surface area contributed by atoms with Gasteiger partial charge in [0, 0.05) is 0 Å². The Labute approximate surface area is 94.7 Å². The number of thiophene rings is 1. The molecule has 0 saturated carbocycles. The van der Waals surface area contributed by atoms with Gasteiger partial charge in [0.15, 0.2) is 0 Å². The number of ether oxygens (including phenoxy) is 1. The number of fused-ring (bicyclic) bond motifs is 1. The molecule has 0 unspecified atom stereocenters. The first-order chi connectivity index (χ1) is 7.31. The normalized spacial score (nSPS) is 10.5. The zero-order chi connectivity index (χ0) is 10.7. The lowest BCUT2D eigenvalue weighted by Crippen LogP contribution is -2.03. The number of hydrogen-bond acceptors (Lipinski definition) is 6. The Bertz CT molecular complexity index is 484. The Morgan fingerprint density at radius 2 is 2.47 bits per heavy atom. The van der Waals surface area contributed by atoms with Gasteiger partial charge in [-0.05, 0) is 11.4 Å². The zero-order valence-electron chi connectivity index (χ0n) is 7.97. The average Bonchev–Trinajstić information content (AvgIpc) is 2.74. The van der Waals surface area contributed by atoms with E-state index in [1.165, 1.54) is 25.2 Å². The maximum atomic E-state index is 11.0. The third-order valence-corrected chi connectivity index (χ3v) is 3.77. The van der Waals surface area contributed by atoms with Crippen molar-refractivity contribution in [3.05, 3.63) is 17.8 Å². The van der Waals surface area contributed by atoms with Crippen molar-refractivity contribution in [3.8, 4) is 0 Å². The van der Waals surface area contributed by atoms with E-state index in [0.717, 1.165) is 15.2 Å². The molecule has 0 N–H and O–H groups in total. The second-order valence-corrected chi connectivity index (χ2v) is 4.56. The molecular formula is C9H8N2O2S2. The number of methoxy groups -OCH3 is 1. The molecule has 0 aliphatic carbocycles. The highest BCUT2D eigenvalue weighted by Gasteiger charge is 2.08. The van der Waals surface area contributed by atoms with E-state index >= 15 is 0 Å². The predicted molar refractivity (Wildman–Crippen MR) is 60.2 cm³/mol. The molecule has 2 rings (SSSR count). The van der Waals surface area contributed by atoms with Gasteiger partial charge in [-0.15, -0.1) is 11.3 Å². The lowest BCUT2D eigenvalue weighted by atomic mass is 10.5. The summed E-state index contributed by atoms with van der Waals surface area (Å²) in [4.78, 5) is 19.2. The minimum absolute atomic E-state index is 0.247. The number of hydrogen-bond donors (Lipinski definition) is 0. The van der Waals surface area contributed by atoms with Gasteiger partial charge >= 0.3 is 5.97 Å². The van der Waals surface area contributed by atoms with Crippen molar-refractivity contribution in [1.82, 2.24) is 9.97 Å². The summed E-state index contributed by atoms with van der Waals surface area (Å²) in [6, 6.07) is 1.93. The number of rotatable bonds is 3. The van der Waals surface area contributed by atoms with Gasteiger partial charge in [-0.25, -0.2) is 9.97 Å².